The van der Waals surface area contributed by atoms with E-state index in [4.69, 9.17) is 9.47 Å². The van der Waals surface area contributed by atoms with Crippen LogP contribution < -0.4 is 15.0 Å². The minimum atomic E-state index is -0.393. The number of ether oxygens (including phenoxy) is 2. The fourth-order valence-corrected chi connectivity index (χ4v) is 4.66. The van der Waals surface area contributed by atoms with E-state index >= 15 is 0 Å². The maximum atomic E-state index is 13.5. The third-order valence-electron chi connectivity index (χ3n) is 5.96. The van der Waals surface area contributed by atoms with Crippen molar-refractivity contribution in [1.82, 2.24) is 14.7 Å². The van der Waals surface area contributed by atoms with Crippen molar-refractivity contribution < 1.29 is 19.1 Å². The van der Waals surface area contributed by atoms with Gasteiger partial charge >= 0.3 is 0 Å². The summed E-state index contributed by atoms with van der Waals surface area (Å²) in [6.45, 7) is 0.0957. The zero-order valence-electron chi connectivity index (χ0n) is 18.9. The van der Waals surface area contributed by atoms with E-state index in [0.717, 1.165) is 10.5 Å². The highest BCUT2D eigenvalue weighted by Gasteiger charge is 2.36. The molecule has 1 aliphatic heterocycles. The van der Waals surface area contributed by atoms with Gasteiger partial charge in [-0.25, -0.2) is 4.68 Å². The molecule has 0 saturated carbocycles. The Morgan fingerprint density at radius 1 is 0.857 bits per heavy atom. The lowest BCUT2D eigenvalue weighted by Gasteiger charge is -2.18. The molecule has 0 aliphatic carbocycles. The first kappa shape index (κ1) is 22.8. The van der Waals surface area contributed by atoms with Crippen LogP contribution in [-0.2, 0) is 13.1 Å². The molecule has 35 heavy (non-hydrogen) atoms. The van der Waals surface area contributed by atoms with Crippen LogP contribution in [0.5, 0.6) is 11.5 Å². The molecule has 0 fully saturated rings. The summed E-state index contributed by atoms with van der Waals surface area (Å²) in [6.07, 6.45) is 0. The summed E-state index contributed by atoms with van der Waals surface area (Å²) in [4.78, 5) is 40.6. The Morgan fingerprint density at radius 3 is 2.11 bits per heavy atom. The second-order valence-electron chi connectivity index (χ2n) is 8.03. The van der Waals surface area contributed by atoms with Gasteiger partial charge in [-0.1, -0.05) is 40.2 Å². The van der Waals surface area contributed by atoms with Crippen LogP contribution in [-0.4, -0.2) is 40.7 Å². The maximum Gasteiger partial charge on any atom is 0.278 e. The topological polar surface area (TPSA) is 90.7 Å². The van der Waals surface area contributed by atoms with E-state index in [1.54, 1.807) is 55.6 Å². The molecule has 2 amide bonds. The van der Waals surface area contributed by atoms with Gasteiger partial charge in [0.15, 0.2) is 0 Å². The highest BCUT2D eigenvalue weighted by Crippen LogP contribution is 2.31. The third-order valence-corrected chi connectivity index (χ3v) is 6.42. The predicted octanol–water partition coefficient (Wildman–Crippen LogP) is 4.02. The van der Waals surface area contributed by atoms with Crippen LogP contribution >= 0.6 is 15.9 Å². The van der Waals surface area contributed by atoms with Gasteiger partial charge in [-0.05, 0) is 42.0 Å². The second kappa shape index (κ2) is 8.99. The molecule has 8 nitrogen and oxygen atoms in total. The van der Waals surface area contributed by atoms with Gasteiger partial charge in [0.1, 0.15) is 11.5 Å². The lowest BCUT2D eigenvalue weighted by molar-refractivity contribution is 0.0640. The van der Waals surface area contributed by atoms with E-state index in [1.807, 2.05) is 12.1 Å². The Kier molecular flexibility index (Phi) is 5.86. The number of carbonyl (C=O) groups excluding carboxylic acids is 2. The molecule has 5 rings (SSSR count). The number of aromatic nitrogens is 2. The summed E-state index contributed by atoms with van der Waals surface area (Å²) in [6, 6.07) is 17.5. The highest BCUT2D eigenvalue weighted by atomic mass is 79.9. The lowest BCUT2D eigenvalue weighted by atomic mass is 10.1. The van der Waals surface area contributed by atoms with Gasteiger partial charge in [-0.3, -0.25) is 19.3 Å². The van der Waals surface area contributed by atoms with Crippen LogP contribution in [0.4, 0.5) is 0 Å². The molecule has 0 saturated heterocycles. The van der Waals surface area contributed by atoms with E-state index in [2.05, 4.69) is 21.0 Å². The van der Waals surface area contributed by atoms with Crippen LogP contribution in [0.1, 0.15) is 32.0 Å². The Bertz CT molecular complexity index is 1510. The summed E-state index contributed by atoms with van der Waals surface area (Å²) in [5, 5.41) is 5.43. The summed E-state index contributed by atoms with van der Waals surface area (Å²) < 4.78 is 12.7. The average Bonchev–Trinajstić information content (AvgIpc) is 3.11. The van der Waals surface area contributed by atoms with Crippen molar-refractivity contribution in [3.05, 3.63) is 97.9 Å². The van der Waals surface area contributed by atoms with E-state index in [9.17, 15) is 14.4 Å². The van der Waals surface area contributed by atoms with Crippen LogP contribution in [0.2, 0.25) is 0 Å². The van der Waals surface area contributed by atoms with Crippen molar-refractivity contribution in [3.8, 4) is 11.5 Å². The monoisotopic (exact) mass is 533 g/mol. The first-order chi connectivity index (χ1) is 16.9. The van der Waals surface area contributed by atoms with Gasteiger partial charge in [0.25, 0.3) is 17.4 Å². The Hall–Kier alpha value is -3.98. The Balaban J connectivity index is 1.64. The smallest absolute Gasteiger partial charge is 0.278 e. The Morgan fingerprint density at radius 2 is 1.51 bits per heavy atom. The van der Waals surface area contributed by atoms with Crippen LogP contribution in [0, 0.1) is 0 Å². The standard InChI is InChI=1S/C26H20BrN3O5/c1-34-17-9-7-15(8-10-17)13-30-26(33)23-20(11-16(27)12-22(23)35-2)21(28-30)14-29-24(31)18-5-3-4-6-19(18)25(29)32/h3-12H,13-14H2,1-2H3. The number of halogens is 1. The number of amides is 2. The van der Waals surface area contributed by atoms with Gasteiger partial charge < -0.3 is 9.47 Å². The first-order valence-corrected chi connectivity index (χ1v) is 11.6. The molecule has 4 aromatic rings. The summed E-state index contributed by atoms with van der Waals surface area (Å²) in [5.74, 6) is 0.282. The molecule has 0 N–H and O–H groups in total. The number of nitrogens with zero attached hydrogens (tertiary/aromatic N) is 3. The number of hydrogen-bond acceptors (Lipinski definition) is 6. The molecular weight excluding hydrogens is 514 g/mol. The van der Waals surface area contributed by atoms with Crippen LogP contribution in [0.3, 0.4) is 0 Å². The minimum Gasteiger partial charge on any atom is -0.497 e. The summed E-state index contributed by atoms with van der Waals surface area (Å²) in [5.41, 5.74) is 1.61. The van der Waals surface area contributed by atoms with Gasteiger partial charge in [0.05, 0.1) is 49.5 Å². The highest BCUT2D eigenvalue weighted by molar-refractivity contribution is 9.10. The number of imide groups is 1. The molecule has 1 aromatic heterocycles. The molecule has 0 unspecified atom stereocenters. The normalized spacial score (nSPS) is 12.8. The van der Waals surface area contributed by atoms with Crippen molar-refractivity contribution >= 4 is 38.5 Å². The van der Waals surface area contributed by atoms with Crippen molar-refractivity contribution in [2.24, 2.45) is 0 Å². The van der Waals surface area contributed by atoms with Crippen molar-refractivity contribution in [3.63, 3.8) is 0 Å². The molecule has 9 heteroatoms. The lowest BCUT2D eigenvalue weighted by Crippen LogP contribution is -2.32. The van der Waals surface area contributed by atoms with E-state index in [0.29, 0.717) is 43.6 Å². The average molecular weight is 534 g/mol. The van der Waals surface area contributed by atoms with Crippen LogP contribution in [0.15, 0.2) is 69.9 Å². The van der Waals surface area contributed by atoms with E-state index < -0.39 is 11.8 Å². The molecule has 1 aliphatic rings. The predicted molar refractivity (Wildman–Crippen MR) is 133 cm³/mol. The summed E-state index contributed by atoms with van der Waals surface area (Å²) in [7, 11) is 3.07. The number of benzene rings is 3. The fraction of sp³-hybridized carbons (Fsp3) is 0.154. The van der Waals surface area contributed by atoms with Gasteiger partial charge in [-0.15, -0.1) is 0 Å². The largest absolute Gasteiger partial charge is 0.497 e. The van der Waals surface area contributed by atoms with Crippen molar-refractivity contribution in [2.75, 3.05) is 14.2 Å². The van der Waals surface area contributed by atoms with Crippen molar-refractivity contribution in [1.29, 1.82) is 0 Å². The number of carbonyl (C=O) groups is 2. The third kappa shape index (κ3) is 3.97. The number of rotatable bonds is 6. The van der Waals surface area contributed by atoms with Crippen molar-refractivity contribution in [2.45, 2.75) is 13.1 Å². The number of methoxy groups -OCH3 is 2. The maximum absolute atomic E-state index is 13.5. The van der Waals surface area contributed by atoms with Crippen LogP contribution in [0.25, 0.3) is 10.8 Å². The molecule has 0 spiro atoms. The SMILES string of the molecule is COc1ccc(Cn2nc(CN3C(=O)c4ccccc4C3=O)c3cc(Br)cc(OC)c3c2=O)cc1. The quantitative estimate of drug-likeness (QED) is 0.347. The molecule has 0 radical (unpaired) electrons. The zero-order chi connectivity index (χ0) is 24.7. The van der Waals surface area contributed by atoms with Gasteiger partial charge in [0, 0.05) is 9.86 Å². The van der Waals surface area contributed by atoms with E-state index in [1.165, 1.54) is 11.8 Å². The van der Waals surface area contributed by atoms with Gasteiger partial charge in [-0.2, -0.15) is 5.10 Å². The molecule has 2 heterocycles. The van der Waals surface area contributed by atoms with E-state index in [-0.39, 0.29) is 18.6 Å². The molecule has 0 atom stereocenters. The number of hydrogen-bond donors (Lipinski definition) is 0. The molecular formula is C26H20BrN3O5. The minimum absolute atomic E-state index is 0.0919. The second-order valence-corrected chi connectivity index (χ2v) is 8.95. The zero-order valence-corrected chi connectivity index (χ0v) is 20.5. The molecule has 0 bridgehead atoms. The number of fused-ring (bicyclic) bond motifs is 2. The molecule has 3 aromatic carbocycles. The first-order valence-electron chi connectivity index (χ1n) is 10.8. The van der Waals surface area contributed by atoms with Gasteiger partial charge in [0.2, 0.25) is 0 Å². The fourth-order valence-electron chi connectivity index (χ4n) is 4.23. The Labute approximate surface area is 208 Å². The summed E-state index contributed by atoms with van der Waals surface area (Å²) >= 11 is 3.45. The molecule has 176 valence electrons.